The predicted octanol–water partition coefficient (Wildman–Crippen LogP) is 3.81. The second-order valence-corrected chi connectivity index (χ2v) is 4.31. The summed E-state index contributed by atoms with van der Waals surface area (Å²) < 4.78 is 5.59. The first kappa shape index (κ1) is 11.2. The van der Waals surface area contributed by atoms with E-state index in [1.54, 1.807) is 0 Å². The first-order valence-electron chi connectivity index (χ1n) is 5.85. The molecule has 0 N–H and O–H groups in total. The highest BCUT2D eigenvalue weighted by Crippen LogP contribution is 2.18. The summed E-state index contributed by atoms with van der Waals surface area (Å²) in [5.41, 5.74) is 1.37. The third kappa shape index (κ3) is 2.61. The Morgan fingerprint density at radius 3 is 2.56 bits per heavy atom. The van der Waals surface area contributed by atoms with Crippen LogP contribution in [-0.2, 0) is 11.2 Å². The molecule has 84 valence electrons. The fourth-order valence-electron chi connectivity index (χ4n) is 1.92. The van der Waals surface area contributed by atoms with Crippen molar-refractivity contribution >= 4 is 10.8 Å². The molecule has 0 aromatic heterocycles. The topological polar surface area (TPSA) is 9.23 Å². The van der Waals surface area contributed by atoms with Gasteiger partial charge in [-0.15, -0.1) is 0 Å². The maximum Gasteiger partial charge on any atom is 0.0519 e. The van der Waals surface area contributed by atoms with E-state index in [4.69, 9.17) is 4.74 Å². The highest BCUT2D eigenvalue weighted by atomic mass is 16.5. The number of ether oxygens (including phenoxy) is 1. The van der Waals surface area contributed by atoms with Gasteiger partial charge in [0, 0.05) is 0 Å². The number of benzene rings is 2. The standard InChI is InChI=1S/C15H18O/c1-12(2)16-11-10-14-8-5-7-13-6-3-4-9-15(13)14/h3-9,12H,10-11H2,1-2H3. The van der Waals surface area contributed by atoms with Gasteiger partial charge in [0.1, 0.15) is 0 Å². The number of fused-ring (bicyclic) bond motifs is 1. The van der Waals surface area contributed by atoms with Gasteiger partial charge in [0.25, 0.3) is 0 Å². The SMILES string of the molecule is CC(C)OCCc1cccc2ccccc12. The van der Waals surface area contributed by atoms with E-state index in [1.165, 1.54) is 16.3 Å². The minimum absolute atomic E-state index is 0.315. The van der Waals surface area contributed by atoms with Crippen molar-refractivity contribution in [1.82, 2.24) is 0 Å². The van der Waals surface area contributed by atoms with E-state index in [1.807, 2.05) is 0 Å². The first-order valence-corrected chi connectivity index (χ1v) is 5.85. The van der Waals surface area contributed by atoms with E-state index >= 15 is 0 Å². The molecule has 0 fully saturated rings. The molecule has 2 rings (SSSR count). The van der Waals surface area contributed by atoms with Gasteiger partial charge >= 0.3 is 0 Å². The summed E-state index contributed by atoms with van der Waals surface area (Å²) in [5, 5.41) is 2.65. The number of hydrogen-bond acceptors (Lipinski definition) is 1. The average Bonchev–Trinajstić information content (AvgIpc) is 2.29. The summed E-state index contributed by atoms with van der Waals surface area (Å²) in [6.45, 7) is 4.94. The Kier molecular flexibility index (Phi) is 3.58. The highest BCUT2D eigenvalue weighted by Gasteiger charge is 2.00. The van der Waals surface area contributed by atoms with Gasteiger partial charge in [-0.25, -0.2) is 0 Å². The van der Waals surface area contributed by atoms with Crippen LogP contribution >= 0.6 is 0 Å². The molecule has 0 radical (unpaired) electrons. The Morgan fingerprint density at radius 1 is 1.00 bits per heavy atom. The Morgan fingerprint density at radius 2 is 1.75 bits per heavy atom. The molecule has 1 nitrogen and oxygen atoms in total. The van der Waals surface area contributed by atoms with Crippen LogP contribution in [0.3, 0.4) is 0 Å². The van der Waals surface area contributed by atoms with Crippen LogP contribution in [0.1, 0.15) is 19.4 Å². The van der Waals surface area contributed by atoms with Crippen LogP contribution in [0.5, 0.6) is 0 Å². The van der Waals surface area contributed by atoms with Crippen LogP contribution in [-0.4, -0.2) is 12.7 Å². The van der Waals surface area contributed by atoms with Gasteiger partial charge < -0.3 is 4.74 Å². The van der Waals surface area contributed by atoms with E-state index < -0.39 is 0 Å². The van der Waals surface area contributed by atoms with Crippen LogP contribution in [0.15, 0.2) is 42.5 Å². The fourth-order valence-corrected chi connectivity index (χ4v) is 1.92. The number of hydrogen-bond donors (Lipinski definition) is 0. The number of rotatable bonds is 4. The molecule has 0 spiro atoms. The average molecular weight is 214 g/mol. The van der Waals surface area contributed by atoms with Crippen molar-refractivity contribution in [1.29, 1.82) is 0 Å². The summed E-state index contributed by atoms with van der Waals surface area (Å²) in [7, 11) is 0. The molecule has 0 aliphatic rings. The molecule has 16 heavy (non-hydrogen) atoms. The molecule has 0 atom stereocenters. The maximum absolute atomic E-state index is 5.59. The molecule has 0 saturated carbocycles. The van der Waals surface area contributed by atoms with Gasteiger partial charge in [0.05, 0.1) is 12.7 Å². The molecule has 2 aromatic rings. The van der Waals surface area contributed by atoms with Gasteiger partial charge in [0.2, 0.25) is 0 Å². The molecule has 1 heteroatoms. The van der Waals surface area contributed by atoms with Crippen LogP contribution in [0.2, 0.25) is 0 Å². The van der Waals surface area contributed by atoms with Crippen molar-refractivity contribution in [2.75, 3.05) is 6.61 Å². The summed E-state index contributed by atoms with van der Waals surface area (Å²) in [5.74, 6) is 0. The third-order valence-electron chi connectivity index (χ3n) is 2.70. The summed E-state index contributed by atoms with van der Waals surface area (Å²) in [4.78, 5) is 0. The molecule has 2 aromatic carbocycles. The molecule has 0 heterocycles. The zero-order valence-electron chi connectivity index (χ0n) is 9.94. The van der Waals surface area contributed by atoms with Gasteiger partial charge in [-0.1, -0.05) is 42.5 Å². The molecular weight excluding hydrogens is 196 g/mol. The van der Waals surface area contributed by atoms with E-state index in [2.05, 4.69) is 56.3 Å². The predicted molar refractivity (Wildman–Crippen MR) is 68.7 cm³/mol. The summed E-state index contributed by atoms with van der Waals surface area (Å²) >= 11 is 0. The van der Waals surface area contributed by atoms with Crippen molar-refractivity contribution in [2.45, 2.75) is 26.4 Å². The van der Waals surface area contributed by atoms with Crippen LogP contribution in [0, 0.1) is 0 Å². The lowest BCUT2D eigenvalue weighted by Gasteiger charge is -2.09. The Bertz CT molecular complexity index is 454. The van der Waals surface area contributed by atoms with Gasteiger partial charge in [-0.05, 0) is 36.6 Å². The first-order chi connectivity index (χ1) is 7.77. The summed E-state index contributed by atoms with van der Waals surface area (Å²) in [6, 6.07) is 15.0. The molecular formula is C15H18O. The second kappa shape index (κ2) is 5.13. The zero-order valence-corrected chi connectivity index (χ0v) is 9.94. The lowest BCUT2D eigenvalue weighted by Crippen LogP contribution is -2.06. The lowest BCUT2D eigenvalue weighted by molar-refractivity contribution is 0.0815. The Hall–Kier alpha value is -1.34. The molecule has 0 saturated heterocycles. The molecule has 0 unspecified atom stereocenters. The third-order valence-corrected chi connectivity index (χ3v) is 2.70. The normalized spacial score (nSPS) is 11.2. The minimum Gasteiger partial charge on any atom is -0.378 e. The second-order valence-electron chi connectivity index (χ2n) is 4.31. The van der Waals surface area contributed by atoms with E-state index in [-0.39, 0.29) is 0 Å². The minimum atomic E-state index is 0.315. The smallest absolute Gasteiger partial charge is 0.0519 e. The van der Waals surface area contributed by atoms with Crippen molar-refractivity contribution < 1.29 is 4.74 Å². The zero-order chi connectivity index (χ0) is 11.4. The molecule has 0 aliphatic heterocycles. The van der Waals surface area contributed by atoms with E-state index in [0.29, 0.717) is 6.10 Å². The molecule has 0 amide bonds. The largest absolute Gasteiger partial charge is 0.378 e. The Balaban J connectivity index is 2.17. The van der Waals surface area contributed by atoms with E-state index in [9.17, 15) is 0 Å². The van der Waals surface area contributed by atoms with Crippen LogP contribution in [0.4, 0.5) is 0 Å². The van der Waals surface area contributed by atoms with Crippen molar-refractivity contribution in [2.24, 2.45) is 0 Å². The van der Waals surface area contributed by atoms with Crippen molar-refractivity contribution in [3.05, 3.63) is 48.0 Å². The molecule has 0 aliphatic carbocycles. The van der Waals surface area contributed by atoms with Crippen LogP contribution in [0.25, 0.3) is 10.8 Å². The van der Waals surface area contributed by atoms with Crippen molar-refractivity contribution in [3.63, 3.8) is 0 Å². The lowest BCUT2D eigenvalue weighted by atomic mass is 10.0. The van der Waals surface area contributed by atoms with Crippen LogP contribution < -0.4 is 0 Å². The quantitative estimate of drug-likeness (QED) is 0.752. The van der Waals surface area contributed by atoms with E-state index in [0.717, 1.165) is 13.0 Å². The monoisotopic (exact) mass is 214 g/mol. The van der Waals surface area contributed by atoms with Crippen molar-refractivity contribution in [3.8, 4) is 0 Å². The Labute approximate surface area is 97.1 Å². The van der Waals surface area contributed by atoms with Gasteiger partial charge in [-0.2, -0.15) is 0 Å². The maximum atomic E-state index is 5.59. The summed E-state index contributed by atoms with van der Waals surface area (Å²) in [6.07, 6.45) is 1.30. The fraction of sp³-hybridized carbons (Fsp3) is 0.333. The highest BCUT2D eigenvalue weighted by molar-refractivity contribution is 5.85. The van der Waals surface area contributed by atoms with Gasteiger partial charge in [-0.3, -0.25) is 0 Å². The molecule has 0 bridgehead atoms. The van der Waals surface area contributed by atoms with Gasteiger partial charge in [0.15, 0.2) is 0 Å².